The molecular formula is C50H33NS. The summed E-state index contributed by atoms with van der Waals surface area (Å²) < 4.78 is 2.57. The summed E-state index contributed by atoms with van der Waals surface area (Å²) >= 11 is 1.87. The maximum absolute atomic E-state index is 2.42. The number of anilines is 3. The second-order valence-electron chi connectivity index (χ2n) is 13.3. The summed E-state index contributed by atoms with van der Waals surface area (Å²) in [4.78, 5) is 2.42. The molecule has 0 N–H and O–H groups in total. The minimum absolute atomic E-state index is 1.13. The Morgan fingerprint density at radius 2 is 0.942 bits per heavy atom. The molecule has 0 aliphatic heterocycles. The molecule has 0 bridgehead atoms. The van der Waals surface area contributed by atoms with Gasteiger partial charge >= 0.3 is 0 Å². The maximum Gasteiger partial charge on any atom is 0.0540 e. The van der Waals surface area contributed by atoms with Crippen LogP contribution in [0.5, 0.6) is 0 Å². The molecule has 244 valence electrons. The second-order valence-corrected chi connectivity index (χ2v) is 14.4. The summed E-state index contributed by atoms with van der Waals surface area (Å²) in [7, 11) is 0. The van der Waals surface area contributed by atoms with Crippen molar-refractivity contribution in [2.45, 2.75) is 0 Å². The van der Waals surface area contributed by atoms with E-state index in [1.165, 1.54) is 75.1 Å². The minimum atomic E-state index is 1.13. The summed E-state index contributed by atoms with van der Waals surface area (Å²) in [6.07, 6.45) is 0. The standard InChI is InChI=1S/C50H33NS/c1-3-15-34(16-4-1)39-20-9-10-21-40(39)36-27-30-49-47(32-36)45-29-28-38(33-50(45)52-49)51(37-18-5-2-6-19-37)48-26-14-13-25-44(48)46-31-35-17-7-8-22-41(35)42-23-11-12-24-43(42)46/h1-33H. The Balaban J connectivity index is 1.14. The lowest BCUT2D eigenvalue weighted by atomic mass is 9.92. The first-order valence-electron chi connectivity index (χ1n) is 17.8. The van der Waals surface area contributed by atoms with Gasteiger partial charge in [0, 0.05) is 37.1 Å². The summed E-state index contributed by atoms with van der Waals surface area (Å²) in [5.74, 6) is 0. The Morgan fingerprint density at radius 3 is 1.75 bits per heavy atom. The lowest BCUT2D eigenvalue weighted by molar-refractivity contribution is 1.29. The molecule has 1 heterocycles. The Labute approximate surface area is 307 Å². The van der Waals surface area contributed by atoms with Gasteiger partial charge in [0.1, 0.15) is 0 Å². The van der Waals surface area contributed by atoms with Crippen molar-refractivity contribution in [2.75, 3.05) is 4.90 Å². The highest BCUT2D eigenvalue weighted by Crippen LogP contribution is 2.46. The van der Waals surface area contributed by atoms with Crippen molar-refractivity contribution in [2.24, 2.45) is 0 Å². The second kappa shape index (κ2) is 12.7. The number of para-hydroxylation sites is 2. The van der Waals surface area contributed by atoms with Crippen LogP contribution < -0.4 is 4.90 Å². The van der Waals surface area contributed by atoms with Gasteiger partial charge in [0.25, 0.3) is 0 Å². The molecule has 52 heavy (non-hydrogen) atoms. The monoisotopic (exact) mass is 679 g/mol. The van der Waals surface area contributed by atoms with Gasteiger partial charge in [0.05, 0.1) is 5.69 Å². The average molecular weight is 680 g/mol. The molecule has 10 rings (SSSR count). The zero-order valence-corrected chi connectivity index (χ0v) is 29.2. The van der Waals surface area contributed by atoms with Crippen LogP contribution in [0.15, 0.2) is 200 Å². The molecule has 0 radical (unpaired) electrons. The summed E-state index contributed by atoms with van der Waals surface area (Å²) in [6.45, 7) is 0. The Kier molecular flexibility index (Phi) is 7.41. The van der Waals surface area contributed by atoms with E-state index in [1.54, 1.807) is 0 Å². The van der Waals surface area contributed by atoms with E-state index in [2.05, 4.69) is 205 Å². The number of thiophene rings is 1. The molecule has 9 aromatic carbocycles. The average Bonchev–Trinajstić information content (AvgIpc) is 3.59. The van der Waals surface area contributed by atoms with Gasteiger partial charge in [-0.25, -0.2) is 0 Å². The lowest BCUT2D eigenvalue weighted by Crippen LogP contribution is -2.11. The van der Waals surface area contributed by atoms with Gasteiger partial charge in [-0.2, -0.15) is 0 Å². The SMILES string of the molecule is c1ccc(-c2ccccc2-c2ccc3sc4cc(N(c5ccccc5)c5ccccc5-c5cc6ccccc6c6ccccc56)ccc4c3c2)cc1. The molecule has 2 heteroatoms. The van der Waals surface area contributed by atoms with E-state index in [9.17, 15) is 0 Å². The first-order chi connectivity index (χ1) is 25.8. The van der Waals surface area contributed by atoms with Crippen LogP contribution in [-0.2, 0) is 0 Å². The van der Waals surface area contributed by atoms with E-state index in [4.69, 9.17) is 0 Å². The van der Waals surface area contributed by atoms with Crippen molar-refractivity contribution < 1.29 is 0 Å². The Hall–Kier alpha value is -6.48. The van der Waals surface area contributed by atoms with Gasteiger partial charge in [-0.1, -0.05) is 152 Å². The third kappa shape index (κ3) is 5.16. The van der Waals surface area contributed by atoms with Gasteiger partial charge in [0.15, 0.2) is 0 Å². The predicted molar refractivity (Wildman–Crippen MR) is 225 cm³/mol. The number of rotatable bonds is 6. The molecule has 0 spiro atoms. The van der Waals surface area contributed by atoms with Gasteiger partial charge in [-0.15, -0.1) is 11.3 Å². The third-order valence-electron chi connectivity index (χ3n) is 10.3. The lowest BCUT2D eigenvalue weighted by Gasteiger charge is -2.28. The van der Waals surface area contributed by atoms with E-state index >= 15 is 0 Å². The highest BCUT2D eigenvalue weighted by molar-refractivity contribution is 7.25. The quantitative estimate of drug-likeness (QED) is 0.158. The fourth-order valence-corrected chi connectivity index (χ4v) is 8.97. The van der Waals surface area contributed by atoms with Crippen molar-refractivity contribution in [1.82, 2.24) is 0 Å². The molecular weight excluding hydrogens is 647 g/mol. The van der Waals surface area contributed by atoms with E-state index in [-0.39, 0.29) is 0 Å². The van der Waals surface area contributed by atoms with Crippen LogP contribution in [0.3, 0.4) is 0 Å². The molecule has 0 aliphatic carbocycles. The van der Waals surface area contributed by atoms with Gasteiger partial charge in [0.2, 0.25) is 0 Å². The first-order valence-corrected chi connectivity index (χ1v) is 18.6. The van der Waals surface area contributed by atoms with Crippen LogP contribution in [-0.4, -0.2) is 0 Å². The molecule has 0 aliphatic rings. The maximum atomic E-state index is 2.42. The van der Waals surface area contributed by atoms with Crippen LogP contribution in [0.25, 0.3) is 75.1 Å². The van der Waals surface area contributed by atoms with E-state index in [1.807, 2.05) is 11.3 Å². The van der Waals surface area contributed by atoms with Gasteiger partial charge in [-0.3, -0.25) is 0 Å². The van der Waals surface area contributed by atoms with Crippen LogP contribution >= 0.6 is 11.3 Å². The van der Waals surface area contributed by atoms with E-state index in [0.29, 0.717) is 0 Å². The molecule has 0 fully saturated rings. The van der Waals surface area contributed by atoms with Crippen molar-refractivity contribution in [3.8, 4) is 33.4 Å². The van der Waals surface area contributed by atoms with E-state index in [0.717, 1.165) is 17.1 Å². The van der Waals surface area contributed by atoms with Crippen LogP contribution in [0.4, 0.5) is 17.1 Å². The first kappa shape index (κ1) is 30.4. The molecule has 0 saturated carbocycles. The Morgan fingerprint density at radius 1 is 0.308 bits per heavy atom. The number of fused-ring (bicyclic) bond motifs is 6. The summed E-state index contributed by atoms with van der Waals surface area (Å²) in [5, 5.41) is 7.63. The van der Waals surface area contributed by atoms with Crippen molar-refractivity contribution >= 4 is 70.1 Å². The third-order valence-corrected chi connectivity index (χ3v) is 11.4. The molecule has 1 aromatic heterocycles. The molecule has 0 atom stereocenters. The molecule has 10 aromatic rings. The highest BCUT2D eigenvalue weighted by atomic mass is 32.1. The zero-order chi connectivity index (χ0) is 34.4. The molecule has 0 saturated heterocycles. The predicted octanol–water partition coefficient (Wildman–Crippen LogP) is 14.8. The van der Waals surface area contributed by atoms with Crippen molar-refractivity contribution in [3.05, 3.63) is 200 Å². The fraction of sp³-hybridized carbons (Fsp3) is 0. The summed E-state index contributed by atoms with van der Waals surface area (Å²) in [5.41, 5.74) is 10.8. The molecule has 0 unspecified atom stereocenters. The number of hydrogen-bond acceptors (Lipinski definition) is 2. The normalized spacial score (nSPS) is 11.5. The fourth-order valence-electron chi connectivity index (χ4n) is 7.85. The largest absolute Gasteiger partial charge is 0.310 e. The van der Waals surface area contributed by atoms with Crippen molar-refractivity contribution in [3.63, 3.8) is 0 Å². The Bertz CT molecular complexity index is 2910. The number of benzene rings is 9. The zero-order valence-electron chi connectivity index (χ0n) is 28.4. The summed E-state index contributed by atoms with van der Waals surface area (Å²) in [6, 6.07) is 72.9. The number of nitrogens with zero attached hydrogens (tertiary/aromatic N) is 1. The van der Waals surface area contributed by atoms with Crippen LogP contribution in [0, 0.1) is 0 Å². The van der Waals surface area contributed by atoms with Crippen LogP contribution in [0.1, 0.15) is 0 Å². The highest BCUT2D eigenvalue weighted by Gasteiger charge is 2.20. The topological polar surface area (TPSA) is 3.24 Å². The molecule has 1 nitrogen and oxygen atoms in total. The van der Waals surface area contributed by atoms with Crippen LogP contribution in [0.2, 0.25) is 0 Å². The number of hydrogen-bond donors (Lipinski definition) is 0. The van der Waals surface area contributed by atoms with Gasteiger partial charge in [-0.05, 0) is 97.9 Å². The van der Waals surface area contributed by atoms with Crippen molar-refractivity contribution in [1.29, 1.82) is 0 Å². The van der Waals surface area contributed by atoms with Gasteiger partial charge < -0.3 is 4.90 Å². The van der Waals surface area contributed by atoms with E-state index < -0.39 is 0 Å². The smallest absolute Gasteiger partial charge is 0.0540 e. The molecule has 0 amide bonds. The minimum Gasteiger partial charge on any atom is -0.310 e.